The second-order valence-electron chi connectivity index (χ2n) is 5.89. The van der Waals surface area contributed by atoms with Gasteiger partial charge in [0, 0.05) is 18.2 Å². The molecule has 0 bridgehead atoms. The molecule has 0 atom stereocenters. The lowest BCUT2D eigenvalue weighted by Crippen LogP contribution is -2.19. The fourth-order valence-electron chi connectivity index (χ4n) is 3.01. The Morgan fingerprint density at radius 1 is 1.00 bits per heavy atom. The third kappa shape index (κ3) is 2.30. The van der Waals surface area contributed by atoms with Crippen LogP contribution in [0.15, 0.2) is 69.4 Å². The summed E-state index contributed by atoms with van der Waals surface area (Å²) in [4.78, 5) is 21.8. The summed E-state index contributed by atoms with van der Waals surface area (Å²) in [7, 11) is 1.84. The van der Waals surface area contributed by atoms with Gasteiger partial charge in [-0.15, -0.1) is 0 Å². The number of benzene rings is 2. The van der Waals surface area contributed by atoms with Crippen molar-refractivity contribution < 1.29 is 0 Å². The highest BCUT2D eigenvalue weighted by molar-refractivity contribution is 6.22. The summed E-state index contributed by atoms with van der Waals surface area (Å²) in [5, 5.41) is 0. The number of amidine groups is 2. The zero-order valence-corrected chi connectivity index (χ0v) is 14.0. The van der Waals surface area contributed by atoms with Crippen molar-refractivity contribution in [2.24, 2.45) is 22.8 Å². The van der Waals surface area contributed by atoms with E-state index in [1.165, 1.54) is 0 Å². The summed E-state index contributed by atoms with van der Waals surface area (Å²) in [5.74, 6) is 0.894. The number of nitrogens with two attached hydrogens (primary N) is 1. The predicted molar refractivity (Wildman–Crippen MR) is 99.1 cm³/mol. The molecule has 6 nitrogen and oxygen atoms in total. The Morgan fingerprint density at radius 2 is 1.64 bits per heavy atom. The molecule has 1 aromatic heterocycles. The molecule has 2 aromatic carbocycles. The molecule has 25 heavy (non-hydrogen) atoms. The molecule has 0 fully saturated rings. The average Bonchev–Trinajstić information content (AvgIpc) is 3.06. The van der Waals surface area contributed by atoms with E-state index < -0.39 is 0 Å². The minimum Gasteiger partial charge on any atom is -0.383 e. The van der Waals surface area contributed by atoms with E-state index in [1.807, 2.05) is 68.6 Å². The Balaban J connectivity index is 1.91. The summed E-state index contributed by atoms with van der Waals surface area (Å²) in [6.07, 6.45) is 0. The first kappa shape index (κ1) is 15.1. The molecule has 0 radical (unpaired) electrons. The van der Waals surface area contributed by atoms with Crippen LogP contribution in [0.5, 0.6) is 0 Å². The predicted octanol–water partition coefficient (Wildman–Crippen LogP) is 2.28. The third-order valence-electron chi connectivity index (χ3n) is 4.41. The Kier molecular flexibility index (Phi) is 3.39. The molecule has 6 heteroatoms. The highest BCUT2D eigenvalue weighted by Gasteiger charge is 2.22. The SMILES string of the molecule is Cc1c(N=C2N=C(N)c3ccccc32)c(=O)n(-c2ccccc2)n1C. The Labute approximate surface area is 144 Å². The van der Waals surface area contributed by atoms with Crippen molar-refractivity contribution in [3.8, 4) is 5.69 Å². The first-order valence-corrected chi connectivity index (χ1v) is 7.94. The van der Waals surface area contributed by atoms with E-state index in [2.05, 4.69) is 9.98 Å². The molecule has 4 rings (SSSR count). The van der Waals surface area contributed by atoms with Crippen molar-refractivity contribution in [1.82, 2.24) is 9.36 Å². The number of fused-ring (bicyclic) bond motifs is 1. The van der Waals surface area contributed by atoms with E-state index in [0.717, 1.165) is 22.5 Å². The van der Waals surface area contributed by atoms with Gasteiger partial charge < -0.3 is 5.73 Å². The van der Waals surface area contributed by atoms with Crippen LogP contribution in [0, 0.1) is 6.92 Å². The standard InChI is InChI=1S/C19H17N5O/c1-12-16(19(25)24(23(12)2)13-8-4-3-5-9-13)21-18-15-11-7-6-10-14(15)17(20)22-18/h3-11H,1-2H3,(H2,20,21,22). The van der Waals surface area contributed by atoms with E-state index >= 15 is 0 Å². The van der Waals surface area contributed by atoms with Crippen LogP contribution >= 0.6 is 0 Å². The maximum atomic E-state index is 12.9. The molecule has 0 saturated heterocycles. The summed E-state index contributed by atoms with van der Waals surface area (Å²) < 4.78 is 3.40. The van der Waals surface area contributed by atoms with Gasteiger partial charge in [0.05, 0.1) is 11.4 Å². The van der Waals surface area contributed by atoms with Crippen LogP contribution in [-0.2, 0) is 7.05 Å². The molecule has 3 aromatic rings. The second kappa shape index (κ2) is 5.59. The highest BCUT2D eigenvalue weighted by atomic mass is 16.1. The molecular weight excluding hydrogens is 314 g/mol. The van der Waals surface area contributed by atoms with Gasteiger partial charge in [0.25, 0.3) is 5.56 Å². The average molecular weight is 331 g/mol. The fraction of sp³-hybridized carbons (Fsp3) is 0.105. The molecular formula is C19H17N5O. The summed E-state index contributed by atoms with van der Waals surface area (Å²) in [6, 6.07) is 17.1. The Morgan fingerprint density at radius 3 is 2.36 bits per heavy atom. The molecule has 1 aliphatic rings. The maximum Gasteiger partial charge on any atom is 0.297 e. The quantitative estimate of drug-likeness (QED) is 0.782. The fourth-order valence-corrected chi connectivity index (χ4v) is 3.01. The summed E-state index contributed by atoms with van der Waals surface area (Å²) >= 11 is 0. The monoisotopic (exact) mass is 331 g/mol. The second-order valence-corrected chi connectivity index (χ2v) is 5.89. The van der Waals surface area contributed by atoms with Gasteiger partial charge in [-0.25, -0.2) is 14.7 Å². The van der Waals surface area contributed by atoms with Gasteiger partial charge in [0.2, 0.25) is 0 Å². The zero-order chi connectivity index (χ0) is 17.6. The van der Waals surface area contributed by atoms with Crippen LogP contribution in [0.25, 0.3) is 5.69 Å². The number of hydrogen-bond donors (Lipinski definition) is 1. The normalized spacial score (nSPS) is 14.6. The van der Waals surface area contributed by atoms with Crippen LogP contribution in [0.1, 0.15) is 16.8 Å². The number of aromatic nitrogens is 2. The third-order valence-corrected chi connectivity index (χ3v) is 4.41. The van der Waals surface area contributed by atoms with Gasteiger partial charge in [0.1, 0.15) is 5.84 Å². The minimum atomic E-state index is -0.183. The number of aliphatic imine (C=N–C) groups is 2. The van der Waals surface area contributed by atoms with Crippen molar-refractivity contribution in [3.05, 3.63) is 81.8 Å². The molecule has 0 spiro atoms. The maximum absolute atomic E-state index is 12.9. The zero-order valence-electron chi connectivity index (χ0n) is 14.0. The van der Waals surface area contributed by atoms with E-state index in [-0.39, 0.29) is 5.56 Å². The van der Waals surface area contributed by atoms with E-state index in [1.54, 1.807) is 9.36 Å². The van der Waals surface area contributed by atoms with Crippen molar-refractivity contribution in [1.29, 1.82) is 0 Å². The largest absolute Gasteiger partial charge is 0.383 e. The van der Waals surface area contributed by atoms with E-state index in [0.29, 0.717) is 17.4 Å². The smallest absolute Gasteiger partial charge is 0.297 e. The first-order chi connectivity index (χ1) is 12.1. The van der Waals surface area contributed by atoms with Gasteiger partial charge in [-0.05, 0) is 19.1 Å². The van der Waals surface area contributed by atoms with Crippen molar-refractivity contribution >= 4 is 17.4 Å². The van der Waals surface area contributed by atoms with Crippen LogP contribution in [-0.4, -0.2) is 21.0 Å². The summed E-state index contributed by atoms with van der Waals surface area (Å²) in [5.41, 5.74) is 9.40. The molecule has 2 heterocycles. The van der Waals surface area contributed by atoms with Crippen LogP contribution in [0.4, 0.5) is 5.69 Å². The van der Waals surface area contributed by atoms with Crippen LogP contribution < -0.4 is 11.3 Å². The highest BCUT2D eigenvalue weighted by Crippen LogP contribution is 2.22. The number of nitrogens with zero attached hydrogens (tertiary/aromatic N) is 4. The molecule has 1 aliphatic heterocycles. The Hall–Kier alpha value is -3.41. The molecule has 0 aliphatic carbocycles. The molecule has 2 N–H and O–H groups in total. The van der Waals surface area contributed by atoms with Crippen LogP contribution in [0.2, 0.25) is 0 Å². The topological polar surface area (TPSA) is 77.7 Å². The van der Waals surface area contributed by atoms with Crippen molar-refractivity contribution in [2.45, 2.75) is 6.92 Å². The summed E-state index contributed by atoms with van der Waals surface area (Å²) in [6.45, 7) is 1.87. The van der Waals surface area contributed by atoms with Crippen molar-refractivity contribution in [3.63, 3.8) is 0 Å². The van der Waals surface area contributed by atoms with E-state index in [9.17, 15) is 4.79 Å². The molecule has 124 valence electrons. The van der Waals surface area contributed by atoms with E-state index in [4.69, 9.17) is 5.73 Å². The lowest BCUT2D eigenvalue weighted by atomic mass is 10.1. The van der Waals surface area contributed by atoms with Crippen LogP contribution in [0.3, 0.4) is 0 Å². The van der Waals surface area contributed by atoms with Gasteiger partial charge in [-0.3, -0.25) is 9.48 Å². The van der Waals surface area contributed by atoms with Gasteiger partial charge >= 0.3 is 0 Å². The van der Waals surface area contributed by atoms with Gasteiger partial charge in [-0.1, -0.05) is 42.5 Å². The number of hydrogen-bond acceptors (Lipinski definition) is 3. The lowest BCUT2D eigenvalue weighted by Gasteiger charge is -2.07. The number of rotatable bonds is 2. The van der Waals surface area contributed by atoms with Gasteiger partial charge in [-0.2, -0.15) is 0 Å². The molecule has 0 unspecified atom stereocenters. The Bertz CT molecular complexity index is 1090. The number of para-hydroxylation sites is 1. The van der Waals surface area contributed by atoms with Gasteiger partial charge in [0.15, 0.2) is 11.5 Å². The minimum absolute atomic E-state index is 0.183. The molecule has 0 amide bonds. The van der Waals surface area contributed by atoms with Crippen molar-refractivity contribution in [2.75, 3.05) is 0 Å². The molecule has 0 saturated carbocycles. The first-order valence-electron chi connectivity index (χ1n) is 7.94. The lowest BCUT2D eigenvalue weighted by molar-refractivity contribution is 0.630.